The molecule has 1 aliphatic rings. The lowest BCUT2D eigenvalue weighted by molar-refractivity contribution is 0.549. The van der Waals surface area contributed by atoms with E-state index < -0.39 is 0 Å². The summed E-state index contributed by atoms with van der Waals surface area (Å²) >= 11 is 2.07. The van der Waals surface area contributed by atoms with E-state index in [0.717, 1.165) is 11.0 Å². The molecule has 2 atom stereocenters. The highest BCUT2D eigenvalue weighted by atomic mass is 32.2. The van der Waals surface area contributed by atoms with E-state index >= 15 is 0 Å². The number of aryl methyl sites for hydroxylation is 1. The van der Waals surface area contributed by atoms with Crippen LogP contribution in [-0.4, -0.2) is 12.3 Å². The average molecular weight is 221 g/mol. The molecule has 0 saturated carbocycles. The zero-order chi connectivity index (χ0) is 10.8. The highest BCUT2D eigenvalue weighted by Crippen LogP contribution is 2.34. The molecule has 0 amide bonds. The number of hydrogen-bond donors (Lipinski definition) is 1. The van der Waals surface area contributed by atoms with Crippen LogP contribution in [0.2, 0.25) is 0 Å². The Morgan fingerprint density at radius 1 is 1.40 bits per heavy atom. The Morgan fingerprint density at radius 2 is 2.20 bits per heavy atom. The smallest absolute Gasteiger partial charge is 0.0331 e. The fraction of sp³-hybridized carbons (Fsp3) is 0.538. The standard InChI is InChI=1S/C13H19NS/c1-9-4-5-11-8-15-10(2)7-13(14-3)12(11)6-9/h4-6,10,13-14H,7-8H2,1-3H3. The van der Waals surface area contributed by atoms with Crippen LogP contribution >= 0.6 is 11.8 Å². The minimum absolute atomic E-state index is 0.532. The Bertz CT molecular complexity index is 348. The summed E-state index contributed by atoms with van der Waals surface area (Å²) < 4.78 is 0. The highest BCUT2D eigenvalue weighted by Gasteiger charge is 2.21. The molecule has 0 radical (unpaired) electrons. The van der Waals surface area contributed by atoms with Crippen LogP contribution < -0.4 is 5.32 Å². The molecule has 1 nitrogen and oxygen atoms in total. The van der Waals surface area contributed by atoms with Gasteiger partial charge in [0.25, 0.3) is 0 Å². The van der Waals surface area contributed by atoms with Gasteiger partial charge >= 0.3 is 0 Å². The molecule has 1 N–H and O–H groups in total. The van der Waals surface area contributed by atoms with Crippen molar-refractivity contribution in [2.45, 2.75) is 37.3 Å². The number of thioether (sulfide) groups is 1. The van der Waals surface area contributed by atoms with Gasteiger partial charge in [0.15, 0.2) is 0 Å². The maximum absolute atomic E-state index is 3.44. The van der Waals surface area contributed by atoms with Crippen LogP contribution in [0.3, 0.4) is 0 Å². The van der Waals surface area contributed by atoms with Crippen LogP contribution in [0.5, 0.6) is 0 Å². The highest BCUT2D eigenvalue weighted by molar-refractivity contribution is 7.99. The van der Waals surface area contributed by atoms with Crippen LogP contribution in [0.4, 0.5) is 0 Å². The number of rotatable bonds is 1. The van der Waals surface area contributed by atoms with E-state index in [4.69, 9.17) is 0 Å². The van der Waals surface area contributed by atoms with Crippen LogP contribution in [0.15, 0.2) is 18.2 Å². The molecule has 0 aliphatic carbocycles. The zero-order valence-electron chi connectivity index (χ0n) is 9.71. The van der Waals surface area contributed by atoms with Gasteiger partial charge in [0, 0.05) is 17.0 Å². The second-order valence-corrected chi connectivity index (χ2v) is 5.83. The molecule has 1 aromatic rings. The van der Waals surface area contributed by atoms with Crippen LogP contribution in [0.1, 0.15) is 36.1 Å². The number of fused-ring (bicyclic) bond motifs is 1. The van der Waals surface area contributed by atoms with E-state index in [1.807, 2.05) is 0 Å². The van der Waals surface area contributed by atoms with Crippen LogP contribution in [-0.2, 0) is 5.75 Å². The maximum atomic E-state index is 3.44. The first-order chi connectivity index (χ1) is 7.20. The van der Waals surface area contributed by atoms with Crippen molar-refractivity contribution >= 4 is 11.8 Å². The summed E-state index contributed by atoms with van der Waals surface area (Å²) in [6.07, 6.45) is 1.23. The summed E-state index contributed by atoms with van der Waals surface area (Å²) in [5.74, 6) is 1.16. The SMILES string of the molecule is CNC1CC(C)SCc2ccc(C)cc21. The molecule has 0 aromatic heterocycles. The van der Waals surface area contributed by atoms with Crippen molar-refractivity contribution in [2.75, 3.05) is 7.05 Å². The molecule has 15 heavy (non-hydrogen) atoms. The first-order valence-corrected chi connectivity index (χ1v) is 6.64. The maximum Gasteiger partial charge on any atom is 0.0331 e. The topological polar surface area (TPSA) is 12.0 Å². The van der Waals surface area contributed by atoms with Gasteiger partial charge in [0.2, 0.25) is 0 Å². The molecule has 82 valence electrons. The molecule has 0 spiro atoms. The number of benzene rings is 1. The predicted molar refractivity (Wildman–Crippen MR) is 68.4 cm³/mol. The lowest BCUT2D eigenvalue weighted by Crippen LogP contribution is -2.19. The van der Waals surface area contributed by atoms with Crippen molar-refractivity contribution in [1.29, 1.82) is 0 Å². The van der Waals surface area contributed by atoms with Crippen molar-refractivity contribution < 1.29 is 0 Å². The second-order valence-electron chi connectivity index (χ2n) is 4.40. The minimum Gasteiger partial charge on any atom is -0.313 e. The fourth-order valence-electron chi connectivity index (χ4n) is 2.20. The third-order valence-electron chi connectivity index (χ3n) is 3.12. The monoisotopic (exact) mass is 221 g/mol. The van der Waals surface area contributed by atoms with Gasteiger partial charge in [-0.25, -0.2) is 0 Å². The Labute approximate surface area is 96.7 Å². The molecule has 0 fully saturated rings. The molecule has 1 aliphatic heterocycles. The molecule has 2 rings (SSSR count). The molecular weight excluding hydrogens is 202 g/mol. The molecule has 1 aromatic carbocycles. The summed E-state index contributed by atoms with van der Waals surface area (Å²) in [6.45, 7) is 4.50. The molecule has 1 heterocycles. The Morgan fingerprint density at radius 3 is 2.93 bits per heavy atom. The predicted octanol–water partition coefficient (Wildman–Crippen LogP) is 3.28. The van der Waals surface area contributed by atoms with Gasteiger partial charge in [-0.1, -0.05) is 30.7 Å². The van der Waals surface area contributed by atoms with Crippen molar-refractivity contribution in [3.8, 4) is 0 Å². The summed E-state index contributed by atoms with van der Waals surface area (Å²) in [6, 6.07) is 7.39. The minimum atomic E-state index is 0.532. The normalized spacial score (nSPS) is 25.8. The molecular formula is C13H19NS. The van der Waals surface area contributed by atoms with Gasteiger partial charge in [0.05, 0.1) is 0 Å². The Kier molecular flexibility index (Phi) is 3.37. The van der Waals surface area contributed by atoms with Gasteiger partial charge in [-0.05, 0) is 31.5 Å². The Hall–Kier alpha value is -0.470. The van der Waals surface area contributed by atoms with Crippen molar-refractivity contribution in [1.82, 2.24) is 5.32 Å². The van der Waals surface area contributed by atoms with Crippen LogP contribution in [0, 0.1) is 6.92 Å². The van der Waals surface area contributed by atoms with Crippen LogP contribution in [0.25, 0.3) is 0 Å². The number of hydrogen-bond acceptors (Lipinski definition) is 2. The van der Waals surface area contributed by atoms with Gasteiger partial charge < -0.3 is 5.32 Å². The first kappa shape index (κ1) is 11.0. The van der Waals surface area contributed by atoms with Gasteiger partial charge in [-0.15, -0.1) is 0 Å². The second kappa shape index (κ2) is 4.58. The van der Waals surface area contributed by atoms with E-state index in [9.17, 15) is 0 Å². The zero-order valence-corrected chi connectivity index (χ0v) is 10.5. The summed E-state index contributed by atoms with van der Waals surface area (Å²) in [4.78, 5) is 0. The Balaban J connectivity index is 2.39. The van der Waals surface area contributed by atoms with Crippen molar-refractivity contribution in [3.63, 3.8) is 0 Å². The van der Waals surface area contributed by atoms with Gasteiger partial charge in [-0.3, -0.25) is 0 Å². The summed E-state index contributed by atoms with van der Waals surface area (Å²) in [5, 5.41) is 4.19. The van der Waals surface area contributed by atoms with Crippen molar-refractivity contribution in [3.05, 3.63) is 34.9 Å². The largest absolute Gasteiger partial charge is 0.313 e. The van der Waals surface area contributed by atoms with E-state index in [2.05, 4.69) is 56.2 Å². The third-order valence-corrected chi connectivity index (χ3v) is 4.36. The lowest BCUT2D eigenvalue weighted by Gasteiger charge is -2.18. The van der Waals surface area contributed by atoms with E-state index in [0.29, 0.717) is 6.04 Å². The average Bonchev–Trinajstić information content (AvgIpc) is 2.38. The fourth-order valence-corrected chi connectivity index (χ4v) is 3.26. The summed E-state index contributed by atoms with van der Waals surface area (Å²) in [5.41, 5.74) is 4.39. The first-order valence-electron chi connectivity index (χ1n) is 5.59. The van der Waals surface area contributed by atoms with Gasteiger partial charge in [0.1, 0.15) is 0 Å². The van der Waals surface area contributed by atoms with Crippen molar-refractivity contribution in [2.24, 2.45) is 0 Å². The van der Waals surface area contributed by atoms with E-state index in [-0.39, 0.29) is 0 Å². The van der Waals surface area contributed by atoms with E-state index in [1.165, 1.54) is 23.1 Å². The molecule has 0 bridgehead atoms. The summed E-state index contributed by atoms with van der Waals surface area (Å²) in [7, 11) is 2.07. The molecule has 2 unspecified atom stereocenters. The molecule has 0 saturated heterocycles. The third kappa shape index (κ3) is 2.37. The van der Waals surface area contributed by atoms with E-state index in [1.54, 1.807) is 0 Å². The quantitative estimate of drug-likeness (QED) is 0.781. The van der Waals surface area contributed by atoms with Gasteiger partial charge in [-0.2, -0.15) is 11.8 Å². The number of nitrogens with one attached hydrogen (secondary N) is 1. The lowest BCUT2D eigenvalue weighted by atomic mass is 9.96. The molecule has 2 heteroatoms.